The standard InChI is InChI=1S/C14H22N2.2ClH/c1-4-11-15-12-13-7-9-14(10-8-13)16(5-2)6-3;;/h4,7-10,15H,1,5-6,11-12H2,2-3H3;2*1H. The van der Waals surface area contributed by atoms with Crippen molar-refractivity contribution in [1.82, 2.24) is 5.32 Å². The third-order valence-corrected chi connectivity index (χ3v) is 2.68. The minimum atomic E-state index is 0. The van der Waals surface area contributed by atoms with Gasteiger partial charge in [-0.1, -0.05) is 18.2 Å². The summed E-state index contributed by atoms with van der Waals surface area (Å²) in [6.45, 7) is 11.9. The van der Waals surface area contributed by atoms with Gasteiger partial charge in [-0.05, 0) is 31.5 Å². The van der Waals surface area contributed by atoms with Gasteiger partial charge in [-0.15, -0.1) is 31.4 Å². The molecular weight excluding hydrogens is 267 g/mol. The Morgan fingerprint density at radius 1 is 1.11 bits per heavy atom. The van der Waals surface area contributed by atoms with E-state index in [1.807, 2.05) is 6.08 Å². The fourth-order valence-electron chi connectivity index (χ4n) is 1.73. The molecule has 0 radical (unpaired) electrons. The van der Waals surface area contributed by atoms with E-state index < -0.39 is 0 Å². The van der Waals surface area contributed by atoms with E-state index in [4.69, 9.17) is 0 Å². The Bertz CT molecular complexity index is 308. The average molecular weight is 291 g/mol. The van der Waals surface area contributed by atoms with E-state index in [1.54, 1.807) is 0 Å². The zero-order valence-electron chi connectivity index (χ0n) is 11.2. The summed E-state index contributed by atoms with van der Waals surface area (Å²) in [7, 11) is 0. The van der Waals surface area contributed by atoms with E-state index in [0.717, 1.165) is 26.2 Å². The largest absolute Gasteiger partial charge is 0.372 e. The normalized spacial score (nSPS) is 9.00. The monoisotopic (exact) mass is 290 g/mol. The van der Waals surface area contributed by atoms with Gasteiger partial charge in [0, 0.05) is 31.9 Å². The quantitative estimate of drug-likeness (QED) is 0.609. The van der Waals surface area contributed by atoms with Crippen molar-refractivity contribution in [1.29, 1.82) is 0 Å². The number of rotatable bonds is 7. The fraction of sp³-hybridized carbons (Fsp3) is 0.429. The van der Waals surface area contributed by atoms with Crippen molar-refractivity contribution >= 4 is 30.5 Å². The lowest BCUT2D eigenvalue weighted by atomic mass is 10.2. The third-order valence-electron chi connectivity index (χ3n) is 2.68. The van der Waals surface area contributed by atoms with Gasteiger partial charge in [-0.25, -0.2) is 0 Å². The summed E-state index contributed by atoms with van der Waals surface area (Å²) < 4.78 is 0. The molecule has 1 aromatic rings. The molecule has 0 saturated carbocycles. The van der Waals surface area contributed by atoms with Crippen LogP contribution in [0.15, 0.2) is 36.9 Å². The molecule has 0 atom stereocenters. The van der Waals surface area contributed by atoms with Crippen LogP contribution in [0.4, 0.5) is 5.69 Å². The summed E-state index contributed by atoms with van der Waals surface area (Å²) in [5, 5.41) is 3.30. The second-order valence-electron chi connectivity index (χ2n) is 3.76. The van der Waals surface area contributed by atoms with Crippen LogP contribution in [0.1, 0.15) is 19.4 Å². The van der Waals surface area contributed by atoms with Crippen molar-refractivity contribution in [3.05, 3.63) is 42.5 Å². The molecule has 4 heteroatoms. The highest BCUT2D eigenvalue weighted by Gasteiger charge is 2.00. The number of hydrogen-bond acceptors (Lipinski definition) is 2. The van der Waals surface area contributed by atoms with E-state index in [0.29, 0.717) is 0 Å². The lowest BCUT2D eigenvalue weighted by Gasteiger charge is -2.21. The molecule has 1 N–H and O–H groups in total. The Balaban J connectivity index is 0. The highest BCUT2D eigenvalue weighted by Crippen LogP contribution is 2.14. The summed E-state index contributed by atoms with van der Waals surface area (Å²) in [5.74, 6) is 0. The molecule has 0 aliphatic carbocycles. The van der Waals surface area contributed by atoms with Gasteiger partial charge in [0.15, 0.2) is 0 Å². The minimum absolute atomic E-state index is 0. The zero-order valence-corrected chi connectivity index (χ0v) is 12.8. The van der Waals surface area contributed by atoms with Crippen molar-refractivity contribution in [2.45, 2.75) is 20.4 Å². The predicted molar refractivity (Wildman–Crippen MR) is 86.4 cm³/mol. The van der Waals surface area contributed by atoms with Crippen LogP contribution in [0.5, 0.6) is 0 Å². The fourth-order valence-corrected chi connectivity index (χ4v) is 1.73. The van der Waals surface area contributed by atoms with Crippen molar-refractivity contribution in [2.75, 3.05) is 24.5 Å². The van der Waals surface area contributed by atoms with Gasteiger partial charge in [0.2, 0.25) is 0 Å². The van der Waals surface area contributed by atoms with Crippen LogP contribution in [0, 0.1) is 0 Å². The summed E-state index contributed by atoms with van der Waals surface area (Å²) in [6.07, 6.45) is 1.88. The van der Waals surface area contributed by atoms with E-state index in [9.17, 15) is 0 Å². The third kappa shape index (κ3) is 6.29. The molecule has 0 bridgehead atoms. The van der Waals surface area contributed by atoms with Crippen LogP contribution in [0.2, 0.25) is 0 Å². The lowest BCUT2D eigenvalue weighted by Crippen LogP contribution is -2.21. The van der Waals surface area contributed by atoms with Gasteiger partial charge in [0.25, 0.3) is 0 Å². The topological polar surface area (TPSA) is 15.3 Å². The van der Waals surface area contributed by atoms with Crippen molar-refractivity contribution < 1.29 is 0 Å². The Morgan fingerprint density at radius 2 is 1.67 bits per heavy atom. The van der Waals surface area contributed by atoms with Gasteiger partial charge in [-0.3, -0.25) is 0 Å². The van der Waals surface area contributed by atoms with Crippen LogP contribution < -0.4 is 10.2 Å². The molecule has 1 rings (SSSR count). The van der Waals surface area contributed by atoms with Crippen molar-refractivity contribution in [3.8, 4) is 0 Å². The highest BCUT2D eigenvalue weighted by atomic mass is 35.5. The first-order valence-electron chi connectivity index (χ1n) is 5.97. The maximum absolute atomic E-state index is 3.68. The number of nitrogens with zero attached hydrogens (tertiary/aromatic N) is 1. The van der Waals surface area contributed by atoms with Crippen molar-refractivity contribution in [3.63, 3.8) is 0 Å². The maximum Gasteiger partial charge on any atom is 0.0366 e. The van der Waals surface area contributed by atoms with Gasteiger partial charge in [0.05, 0.1) is 0 Å². The summed E-state index contributed by atoms with van der Waals surface area (Å²) >= 11 is 0. The van der Waals surface area contributed by atoms with Crippen LogP contribution in [0.25, 0.3) is 0 Å². The van der Waals surface area contributed by atoms with Crippen LogP contribution in [-0.4, -0.2) is 19.6 Å². The molecule has 0 spiro atoms. The molecule has 0 fully saturated rings. The molecule has 0 saturated heterocycles. The summed E-state index contributed by atoms with van der Waals surface area (Å²) in [6, 6.07) is 8.75. The molecule has 0 aliphatic rings. The number of anilines is 1. The molecule has 18 heavy (non-hydrogen) atoms. The molecule has 0 amide bonds. The van der Waals surface area contributed by atoms with E-state index in [2.05, 4.69) is 54.9 Å². The number of benzene rings is 1. The Labute approximate surface area is 123 Å². The average Bonchev–Trinajstić information content (AvgIpc) is 2.33. The second-order valence-corrected chi connectivity index (χ2v) is 3.76. The summed E-state index contributed by atoms with van der Waals surface area (Å²) in [4.78, 5) is 2.35. The molecule has 104 valence electrons. The molecule has 0 aromatic heterocycles. The first-order chi connectivity index (χ1) is 7.81. The van der Waals surface area contributed by atoms with E-state index in [-0.39, 0.29) is 24.8 Å². The highest BCUT2D eigenvalue weighted by molar-refractivity contribution is 5.85. The molecule has 0 heterocycles. The first kappa shape index (κ1) is 19.6. The SMILES string of the molecule is C=CCNCc1ccc(N(CC)CC)cc1.Cl.Cl. The van der Waals surface area contributed by atoms with Crippen molar-refractivity contribution in [2.24, 2.45) is 0 Å². The lowest BCUT2D eigenvalue weighted by molar-refractivity contribution is 0.760. The number of hydrogen-bond donors (Lipinski definition) is 1. The number of nitrogens with one attached hydrogen (secondary N) is 1. The van der Waals surface area contributed by atoms with Gasteiger partial charge >= 0.3 is 0 Å². The molecule has 2 nitrogen and oxygen atoms in total. The smallest absolute Gasteiger partial charge is 0.0366 e. The minimum Gasteiger partial charge on any atom is -0.372 e. The zero-order chi connectivity index (χ0) is 11.8. The predicted octanol–water partition coefficient (Wildman–Crippen LogP) is 3.65. The molecular formula is C14H24Cl2N2. The van der Waals surface area contributed by atoms with Crippen LogP contribution >= 0.6 is 24.8 Å². The van der Waals surface area contributed by atoms with E-state index in [1.165, 1.54) is 11.3 Å². The van der Waals surface area contributed by atoms with Crippen LogP contribution in [-0.2, 0) is 6.54 Å². The van der Waals surface area contributed by atoms with Gasteiger partial charge in [-0.2, -0.15) is 0 Å². The number of halogens is 2. The van der Waals surface area contributed by atoms with E-state index >= 15 is 0 Å². The Morgan fingerprint density at radius 3 is 2.11 bits per heavy atom. The van der Waals surface area contributed by atoms with Gasteiger partial charge < -0.3 is 10.2 Å². The maximum atomic E-state index is 3.68. The molecule has 1 aromatic carbocycles. The van der Waals surface area contributed by atoms with Gasteiger partial charge in [0.1, 0.15) is 0 Å². The first-order valence-corrected chi connectivity index (χ1v) is 5.97. The summed E-state index contributed by atoms with van der Waals surface area (Å²) in [5.41, 5.74) is 2.62. The Kier molecular flexibility index (Phi) is 12.4. The molecule has 0 unspecified atom stereocenters. The Hall–Kier alpha value is -0.700. The second kappa shape index (κ2) is 11.4. The van der Waals surface area contributed by atoms with Crippen LogP contribution in [0.3, 0.4) is 0 Å². The molecule has 0 aliphatic heterocycles.